The Hall–Kier alpha value is -1.02. The number of rotatable bonds is 2. The number of hydrogen-bond acceptors (Lipinski definition) is 2. The van der Waals surface area contributed by atoms with Crippen LogP contribution in [0.15, 0.2) is 18.2 Å². The van der Waals surface area contributed by atoms with E-state index in [1.807, 2.05) is 13.0 Å². The van der Waals surface area contributed by atoms with Gasteiger partial charge >= 0.3 is 5.97 Å². The van der Waals surface area contributed by atoms with Gasteiger partial charge in [-0.1, -0.05) is 32.4 Å². The van der Waals surface area contributed by atoms with Gasteiger partial charge in [-0.15, -0.1) is 0 Å². The first-order valence-corrected chi connectivity index (χ1v) is 8.10. The molecule has 3 unspecified atom stereocenters. The number of fused-ring (bicyclic) bond motifs is 2. The smallest absolute Gasteiger partial charge is 0.338 e. The van der Waals surface area contributed by atoms with Gasteiger partial charge in [0.1, 0.15) is 6.10 Å². The van der Waals surface area contributed by atoms with Crippen LogP contribution in [0, 0.1) is 23.7 Å². The standard InChI is InChI=1S/C18H23ClO2/c1-11-9-12(5-6-14(11)19)16(20)21-15-10-13-7-8-18(15,4)17(13,2)3/h5-6,9,13,15H,7-8,10H2,1-4H3. The molecule has 114 valence electrons. The Bertz CT molecular complexity index is 593. The summed E-state index contributed by atoms with van der Waals surface area (Å²) in [4.78, 5) is 12.4. The number of halogens is 1. The number of esters is 1. The quantitative estimate of drug-likeness (QED) is 0.717. The van der Waals surface area contributed by atoms with Crippen molar-refractivity contribution in [2.75, 3.05) is 0 Å². The number of ether oxygens (including phenoxy) is 1. The zero-order valence-electron chi connectivity index (χ0n) is 13.2. The molecule has 0 aromatic heterocycles. The fourth-order valence-electron chi connectivity index (χ4n) is 4.28. The van der Waals surface area contributed by atoms with Crippen LogP contribution in [0.1, 0.15) is 56.0 Å². The van der Waals surface area contributed by atoms with Crippen molar-refractivity contribution in [3.8, 4) is 0 Å². The van der Waals surface area contributed by atoms with Gasteiger partial charge in [0.05, 0.1) is 5.56 Å². The molecule has 0 aliphatic heterocycles. The SMILES string of the molecule is Cc1cc(C(=O)OC2CC3CCC2(C)C3(C)C)ccc1Cl. The van der Waals surface area contributed by atoms with Crippen LogP contribution in [-0.4, -0.2) is 12.1 Å². The van der Waals surface area contributed by atoms with Gasteiger partial charge in [-0.2, -0.15) is 0 Å². The molecule has 2 aliphatic carbocycles. The molecular weight excluding hydrogens is 284 g/mol. The van der Waals surface area contributed by atoms with Crippen LogP contribution in [0.4, 0.5) is 0 Å². The van der Waals surface area contributed by atoms with Crippen LogP contribution in [0.5, 0.6) is 0 Å². The van der Waals surface area contributed by atoms with Gasteiger partial charge in [0, 0.05) is 10.4 Å². The molecule has 1 aromatic rings. The molecule has 2 nitrogen and oxygen atoms in total. The summed E-state index contributed by atoms with van der Waals surface area (Å²) < 4.78 is 5.88. The third-order valence-electron chi connectivity index (χ3n) is 6.36. The number of carbonyl (C=O) groups excluding carboxylic acids is 1. The van der Waals surface area contributed by atoms with Crippen LogP contribution in [-0.2, 0) is 4.74 Å². The molecule has 1 aromatic carbocycles. The van der Waals surface area contributed by atoms with Gasteiger partial charge in [-0.3, -0.25) is 0 Å². The maximum absolute atomic E-state index is 12.4. The van der Waals surface area contributed by atoms with E-state index in [1.54, 1.807) is 12.1 Å². The van der Waals surface area contributed by atoms with E-state index in [0.29, 0.717) is 16.5 Å². The lowest BCUT2D eigenvalue weighted by Crippen LogP contribution is -2.38. The first-order valence-electron chi connectivity index (χ1n) is 7.73. The minimum Gasteiger partial charge on any atom is -0.458 e. The molecule has 2 fully saturated rings. The topological polar surface area (TPSA) is 26.3 Å². The van der Waals surface area contributed by atoms with Crippen molar-refractivity contribution >= 4 is 17.6 Å². The Morgan fingerprint density at radius 1 is 1.33 bits per heavy atom. The maximum Gasteiger partial charge on any atom is 0.338 e. The highest BCUT2D eigenvalue weighted by Crippen LogP contribution is 2.66. The lowest BCUT2D eigenvalue weighted by atomic mass is 9.70. The van der Waals surface area contributed by atoms with Crippen molar-refractivity contribution in [3.05, 3.63) is 34.3 Å². The van der Waals surface area contributed by atoms with Crippen molar-refractivity contribution < 1.29 is 9.53 Å². The predicted molar refractivity (Wildman–Crippen MR) is 84.6 cm³/mol. The minimum atomic E-state index is -0.218. The molecule has 0 radical (unpaired) electrons. The largest absolute Gasteiger partial charge is 0.458 e. The second-order valence-corrected chi connectivity index (χ2v) is 7.88. The average molecular weight is 307 g/mol. The van der Waals surface area contributed by atoms with Crippen molar-refractivity contribution in [1.82, 2.24) is 0 Å². The minimum absolute atomic E-state index is 0.0368. The van der Waals surface area contributed by atoms with Gasteiger partial charge in [0.2, 0.25) is 0 Å². The maximum atomic E-state index is 12.4. The Balaban J connectivity index is 1.79. The first-order chi connectivity index (χ1) is 9.75. The van der Waals surface area contributed by atoms with E-state index >= 15 is 0 Å². The molecule has 2 aliphatic rings. The van der Waals surface area contributed by atoms with Crippen LogP contribution in [0.2, 0.25) is 5.02 Å². The molecule has 0 N–H and O–H groups in total. The van der Waals surface area contributed by atoms with E-state index in [4.69, 9.17) is 16.3 Å². The Morgan fingerprint density at radius 2 is 2.05 bits per heavy atom. The zero-order valence-corrected chi connectivity index (χ0v) is 14.0. The summed E-state index contributed by atoms with van der Waals surface area (Å²) in [5.41, 5.74) is 1.87. The van der Waals surface area contributed by atoms with Crippen LogP contribution in [0.3, 0.4) is 0 Å². The lowest BCUT2D eigenvalue weighted by Gasteiger charge is -2.38. The van der Waals surface area contributed by atoms with E-state index in [0.717, 1.165) is 18.4 Å². The highest BCUT2D eigenvalue weighted by atomic mass is 35.5. The molecule has 0 spiro atoms. The predicted octanol–water partition coefficient (Wildman–Crippen LogP) is 5.02. The van der Waals surface area contributed by atoms with Crippen molar-refractivity contribution in [1.29, 1.82) is 0 Å². The van der Waals surface area contributed by atoms with Gasteiger partial charge in [0.25, 0.3) is 0 Å². The summed E-state index contributed by atoms with van der Waals surface area (Å²) in [7, 11) is 0. The monoisotopic (exact) mass is 306 g/mol. The lowest BCUT2D eigenvalue weighted by molar-refractivity contribution is -0.0242. The fraction of sp³-hybridized carbons (Fsp3) is 0.611. The molecule has 3 rings (SSSR count). The van der Waals surface area contributed by atoms with Gasteiger partial charge in [0.15, 0.2) is 0 Å². The Labute approximate surface area is 131 Å². The summed E-state index contributed by atoms with van der Waals surface area (Å²) in [6, 6.07) is 5.32. The molecule has 2 bridgehead atoms. The number of hydrogen-bond donors (Lipinski definition) is 0. The summed E-state index contributed by atoms with van der Waals surface area (Å²) in [5, 5.41) is 0.680. The molecular formula is C18H23ClO2. The number of aryl methyl sites for hydroxylation is 1. The first kappa shape index (κ1) is 14.9. The molecule has 0 heterocycles. The van der Waals surface area contributed by atoms with Crippen molar-refractivity contribution in [3.63, 3.8) is 0 Å². The van der Waals surface area contributed by atoms with E-state index in [-0.39, 0.29) is 22.9 Å². The second-order valence-electron chi connectivity index (χ2n) is 7.47. The normalized spacial score (nSPS) is 33.2. The molecule has 3 atom stereocenters. The summed E-state index contributed by atoms with van der Waals surface area (Å²) in [6.07, 6.45) is 3.46. The van der Waals surface area contributed by atoms with Gasteiger partial charge in [-0.25, -0.2) is 4.79 Å². The summed E-state index contributed by atoms with van der Waals surface area (Å²) in [5.74, 6) is 0.455. The summed E-state index contributed by atoms with van der Waals surface area (Å²) in [6.45, 7) is 8.84. The highest BCUT2D eigenvalue weighted by molar-refractivity contribution is 6.31. The third-order valence-corrected chi connectivity index (χ3v) is 6.78. The average Bonchev–Trinajstić information content (AvgIpc) is 2.75. The second kappa shape index (κ2) is 4.74. The van der Waals surface area contributed by atoms with E-state index in [1.165, 1.54) is 6.42 Å². The van der Waals surface area contributed by atoms with Crippen LogP contribution < -0.4 is 0 Å². The zero-order chi connectivity index (χ0) is 15.4. The fourth-order valence-corrected chi connectivity index (χ4v) is 4.39. The Kier molecular flexibility index (Phi) is 3.36. The molecule has 3 heteroatoms. The third kappa shape index (κ3) is 2.11. The van der Waals surface area contributed by atoms with E-state index < -0.39 is 0 Å². The van der Waals surface area contributed by atoms with E-state index in [2.05, 4.69) is 20.8 Å². The van der Waals surface area contributed by atoms with Crippen molar-refractivity contribution in [2.45, 2.75) is 53.1 Å². The number of carbonyl (C=O) groups is 1. The highest BCUT2D eigenvalue weighted by Gasteiger charge is 2.62. The molecule has 0 amide bonds. The molecule has 21 heavy (non-hydrogen) atoms. The molecule has 0 saturated heterocycles. The van der Waals surface area contributed by atoms with E-state index in [9.17, 15) is 4.79 Å². The van der Waals surface area contributed by atoms with Crippen molar-refractivity contribution in [2.24, 2.45) is 16.7 Å². The molecule has 2 saturated carbocycles. The van der Waals surface area contributed by atoms with Gasteiger partial charge in [-0.05, 0) is 61.3 Å². The number of benzene rings is 1. The van der Waals surface area contributed by atoms with Crippen LogP contribution >= 0.6 is 11.6 Å². The summed E-state index contributed by atoms with van der Waals surface area (Å²) >= 11 is 6.01. The Morgan fingerprint density at radius 3 is 2.57 bits per heavy atom. The van der Waals surface area contributed by atoms with Crippen LogP contribution in [0.25, 0.3) is 0 Å². The van der Waals surface area contributed by atoms with Gasteiger partial charge < -0.3 is 4.74 Å².